The number of methoxy groups -OCH3 is 1. The molecule has 0 aliphatic rings. The van der Waals surface area contributed by atoms with E-state index >= 15 is 0 Å². The Bertz CT molecular complexity index is 413. The maximum atomic E-state index is 11.4. The summed E-state index contributed by atoms with van der Waals surface area (Å²) in [6.07, 6.45) is 1.74. The fourth-order valence-corrected chi connectivity index (χ4v) is 1.44. The number of hydrogen-bond donors (Lipinski definition) is 0. The molecule has 0 saturated carbocycles. The first-order valence-electron chi connectivity index (χ1n) is 5.10. The van der Waals surface area contributed by atoms with Crippen LogP contribution in [0.4, 0.5) is 0 Å². The van der Waals surface area contributed by atoms with Crippen LogP contribution in [0, 0.1) is 0 Å². The van der Waals surface area contributed by atoms with Crippen molar-refractivity contribution < 1.29 is 18.9 Å². The standard InChI is InChI=1S/C12H16NO3/c1-9(14)11-4-5-13(6-7-16-3)12(8-11)10(2)15/h4-5,8H,6-7H2,1-3H3/q+1. The van der Waals surface area contributed by atoms with Crippen LogP contribution in [0.2, 0.25) is 0 Å². The number of carbonyl (C=O) groups excluding carboxylic acids is 2. The van der Waals surface area contributed by atoms with Gasteiger partial charge in [-0.2, -0.15) is 4.57 Å². The van der Waals surface area contributed by atoms with Gasteiger partial charge >= 0.3 is 0 Å². The predicted molar refractivity (Wildman–Crippen MR) is 58.5 cm³/mol. The van der Waals surface area contributed by atoms with Crippen LogP contribution in [-0.2, 0) is 11.3 Å². The van der Waals surface area contributed by atoms with E-state index in [0.29, 0.717) is 24.4 Å². The summed E-state index contributed by atoms with van der Waals surface area (Å²) in [6, 6.07) is 3.34. The number of nitrogens with zero attached hydrogens (tertiary/aromatic N) is 1. The highest BCUT2D eigenvalue weighted by molar-refractivity contribution is 5.97. The van der Waals surface area contributed by atoms with Crippen LogP contribution in [0.1, 0.15) is 34.7 Å². The molecular formula is C12H16NO3+. The van der Waals surface area contributed by atoms with E-state index in [2.05, 4.69) is 0 Å². The Morgan fingerprint density at radius 2 is 2.00 bits per heavy atom. The molecule has 0 aliphatic carbocycles. The summed E-state index contributed by atoms with van der Waals surface area (Å²) in [5.41, 5.74) is 1.09. The SMILES string of the molecule is COCC[n+]1ccc(C(C)=O)cc1C(C)=O. The highest BCUT2D eigenvalue weighted by Gasteiger charge is 2.17. The highest BCUT2D eigenvalue weighted by Crippen LogP contribution is 2.02. The van der Waals surface area contributed by atoms with Gasteiger partial charge in [-0.3, -0.25) is 9.59 Å². The Labute approximate surface area is 94.9 Å². The number of pyridine rings is 1. The Hall–Kier alpha value is -1.55. The van der Waals surface area contributed by atoms with Gasteiger partial charge in [-0.1, -0.05) is 0 Å². The molecule has 0 aliphatic heterocycles. The smallest absolute Gasteiger partial charge is 0.249 e. The third-order valence-electron chi connectivity index (χ3n) is 2.34. The molecule has 0 saturated heterocycles. The lowest BCUT2D eigenvalue weighted by Crippen LogP contribution is -2.41. The average molecular weight is 222 g/mol. The Morgan fingerprint density at radius 3 is 2.50 bits per heavy atom. The van der Waals surface area contributed by atoms with Crippen molar-refractivity contribution in [3.8, 4) is 0 Å². The molecule has 1 rings (SSSR count). The van der Waals surface area contributed by atoms with Gasteiger partial charge in [0, 0.05) is 31.7 Å². The minimum Gasteiger partial charge on any atom is -0.378 e. The zero-order chi connectivity index (χ0) is 12.1. The van der Waals surface area contributed by atoms with Crippen molar-refractivity contribution >= 4 is 11.6 Å². The lowest BCUT2D eigenvalue weighted by molar-refractivity contribution is -0.700. The van der Waals surface area contributed by atoms with E-state index in [1.165, 1.54) is 13.8 Å². The number of aromatic nitrogens is 1. The number of carbonyl (C=O) groups is 2. The molecule has 86 valence electrons. The maximum absolute atomic E-state index is 11.4. The maximum Gasteiger partial charge on any atom is 0.249 e. The lowest BCUT2D eigenvalue weighted by atomic mass is 10.1. The zero-order valence-corrected chi connectivity index (χ0v) is 9.82. The molecule has 4 nitrogen and oxygen atoms in total. The first-order chi connectivity index (χ1) is 7.56. The van der Waals surface area contributed by atoms with Gasteiger partial charge in [0.25, 0.3) is 0 Å². The molecule has 16 heavy (non-hydrogen) atoms. The summed E-state index contributed by atoms with van der Waals surface area (Å²) in [4.78, 5) is 22.6. The first kappa shape index (κ1) is 12.5. The van der Waals surface area contributed by atoms with Crippen molar-refractivity contribution in [3.63, 3.8) is 0 Å². The van der Waals surface area contributed by atoms with Crippen molar-refractivity contribution in [2.75, 3.05) is 13.7 Å². The summed E-state index contributed by atoms with van der Waals surface area (Å²) in [6.45, 7) is 4.11. The Kier molecular flexibility index (Phi) is 4.31. The van der Waals surface area contributed by atoms with Gasteiger partial charge in [-0.25, -0.2) is 0 Å². The van der Waals surface area contributed by atoms with Crippen LogP contribution in [0.15, 0.2) is 18.3 Å². The van der Waals surface area contributed by atoms with Crippen LogP contribution in [0.25, 0.3) is 0 Å². The number of hydrogen-bond acceptors (Lipinski definition) is 3. The van der Waals surface area contributed by atoms with Gasteiger partial charge < -0.3 is 4.74 Å². The van der Waals surface area contributed by atoms with Gasteiger partial charge in [0.1, 0.15) is 6.61 Å². The number of rotatable bonds is 5. The van der Waals surface area contributed by atoms with E-state index in [1.807, 2.05) is 0 Å². The van der Waals surface area contributed by atoms with E-state index in [-0.39, 0.29) is 11.6 Å². The molecule has 0 unspecified atom stereocenters. The third kappa shape index (κ3) is 2.97. The molecule has 1 aromatic rings. The predicted octanol–water partition coefficient (Wildman–Crippen LogP) is 1.03. The molecule has 0 spiro atoms. The molecule has 4 heteroatoms. The minimum absolute atomic E-state index is 0.0404. The van der Waals surface area contributed by atoms with Crippen LogP contribution in [0.5, 0.6) is 0 Å². The van der Waals surface area contributed by atoms with Crippen LogP contribution >= 0.6 is 0 Å². The summed E-state index contributed by atoms with van der Waals surface area (Å²) in [7, 11) is 1.61. The highest BCUT2D eigenvalue weighted by atomic mass is 16.5. The Balaban J connectivity index is 3.09. The topological polar surface area (TPSA) is 47.2 Å². The Morgan fingerprint density at radius 1 is 1.31 bits per heavy atom. The molecule has 0 aromatic carbocycles. The zero-order valence-electron chi connectivity index (χ0n) is 9.82. The van der Waals surface area contributed by atoms with E-state index in [1.54, 1.807) is 30.0 Å². The van der Waals surface area contributed by atoms with Crippen molar-refractivity contribution in [1.29, 1.82) is 0 Å². The second kappa shape index (κ2) is 5.51. The first-order valence-corrected chi connectivity index (χ1v) is 5.10. The van der Waals surface area contributed by atoms with E-state index in [0.717, 1.165) is 0 Å². The minimum atomic E-state index is -0.0563. The average Bonchev–Trinajstić information content (AvgIpc) is 2.25. The molecule has 0 atom stereocenters. The van der Waals surface area contributed by atoms with Crippen molar-refractivity contribution in [2.45, 2.75) is 20.4 Å². The lowest BCUT2D eigenvalue weighted by Gasteiger charge is -2.02. The van der Waals surface area contributed by atoms with Crippen LogP contribution in [0.3, 0.4) is 0 Å². The molecule has 1 heterocycles. The summed E-state index contributed by atoms with van der Waals surface area (Å²) < 4.78 is 6.75. The number of ketones is 2. The molecule has 1 aromatic heterocycles. The summed E-state index contributed by atoms with van der Waals surface area (Å²) in [5, 5.41) is 0. The van der Waals surface area contributed by atoms with E-state index in [9.17, 15) is 9.59 Å². The van der Waals surface area contributed by atoms with Gasteiger partial charge in [0.05, 0.1) is 0 Å². The number of Topliss-reactive ketones (excluding diaryl/α,β-unsaturated/α-hetero) is 2. The molecule has 0 bridgehead atoms. The quantitative estimate of drug-likeness (QED) is 0.552. The van der Waals surface area contributed by atoms with Crippen molar-refractivity contribution in [2.24, 2.45) is 0 Å². The van der Waals surface area contributed by atoms with Gasteiger partial charge in [-0.05, 0) is 6.92 Å². The summed E-state index contributed by atoms with van der Waals surface area (Å²) in [5.74, 6) is -0.0967. The van der Waals surface area contributed by atoms with E-state index < -0.39 is 0 Å². The van der Waals surface area contributed by atoms with Crippen LogP contribution < -0.4 is 4.57 Å². The van der Waals surface area contributed by atoms with Gasteiger partial charge in [-0.15, -0.1) is 0 Å². The fourth-order valence-electron chi connectivity index (χ4n) is 1.44. The molecule has 0 amide bonds. The third-order valence-corrected chi connectivity index (χ3v) is 2.34. The van der Waals surface area contributed by atoms with Gasteiger partial charge in [0.15, 0.2) is 18.5 Å². The summed E-state index contributed by atoms with van der Waals surface area (Å²) >= 11 is 0. The molecular weight excluding hydrogens is 206 g/mol. The normalized spacial score (nSPS) is 10.2. The number of ether oxygens (including phenoxy) is 1. The molecule has 0 radical (unpaired) electrons. The van der Waals surface area contributed by atoms with Crippen LogP contribution in [-0.4, -0.2) is 25.3 Å². The largest absolute Gasteiger partial charge is 0.378 e. The van der Waals surface area contributed by atoms with Crippen molar-refractivity contribution in [1.82, 2.24) is 0 Å². The second-order valence-electron chi connectivity index (χ2n) is 3.60. The second-order valence-corrected chi connectivity index (χ2v) is 3.60. The molecule has 0 fully saturated rings. The fraction of sp³-hybridized carbons (Fsp3) is 0.417. The molecule has 0 N–H and O–H groups in total. The monoisotopic (exact) mass is 222 g/mol. The van der Waals surface area contributed by atoms with Gasteiger partial charge in [0.2, 0.25) is 11.5 Å². The van der Waals surface area contributed by atoms with E-state index in [4.69, 9.17) is 4.74 Å². The van der Waals surface area contributed by atoms with Crippen molar-refractivity contribution in [3.05, 3.63) is 29.6 Å².